The van der Waals surface area contributed by atoms with Crippen LogP contribution >= 0.6 is 0 Å². The number of nitrogens with one attached hydrogen (secondary N) is 1. The summed E-state index contributed by atoms with van der Waals surface area (Å²) in [6.07, 6.45) is -1.64. The number of carbonyl (C=O) groups is 1. The molecular weight excluding hydrogens is 368 g/mol. The van der Waals surface area contributed by atoms with E-state index in [0.29, 0.717) is 19.4 Å². The van der Waals surface area contributed by atoms with E-state index in [4.69, 9.17) is 4.74 Å². The number of likely N-dealkylation sites (tertiary alicyclic amines) is 1. The van der Waals surface area contributed by atoms with E-state index in [-0.39, 0.29) is 18.2 Å². The molecule has 0 saturated carbocycles. The van der Waals surface area contributed by atoms with Crippen LogP contribution in [0.2, 0.25) is 0 Å². The van der Waals surface area contributed by atoms with Gasteiger partial charge in [-0.25, -0.2) is 19.2 Å². The monoisotopic (exact) mass is 384 g/mol. The Morgan fingerprint density at radius 2 is 2.00 bits per heavy atom. The summed E-state index contributed by atoms with van der Waals surface area (Å²) < 4.78 is 56.7. The molecule has 1 saturated heterocycles. The van der Waals surface area contributed by atoms with Gasteiger partial charge in [0, 0.05) is 12.2 Å². The third kappa shape index (κ3) is 5.05. The van der Waals surface area contributed by atoms with Gasteiger partial charge in [0.25, 0.3) is 0 Å². The second kappa shape index (κ2) is 7.77. The molecule has 27 heavy (non-hydrogen) atoms. The Hall–Kier alpha value is -2.91. The van der Waals surface area contributed by atoms with Crippen LogP contribution in [-0.4, -0.2) is 40.1 Å². The van der Waals surface area contributed by atoms with Crippen LogP contribution in [0, 0.1) is 5.82 Å². The minimum absolute atomic E-state index is 0.00142. The van der Waals surface area contributed by atoms with Gasteiger partial charge in [0.1, 0.15) is 6.10 Å². The van der Waals surface area contributed by atoms with E-state index in [2.05, 4.69) is 15.3 Å². The van der Waals surface area contributed by atoms with Gasteiger partial charge in [0.2, 0.25) is 0 Å². The number of carbonyl (C=O) groups excluding carboxylic acids is 1. The number of ether oxygens (including phenoxy) is 1. The van der Waals surface area contributed by atoms with Gasteiger partial charge in [-0.15, -0.1) is 0 Å². The normalized spacial score (nSPS) is 17.5. The lowest BCUT2D eigenvalue weighted by molar-refractivity contribution is -0.137. The number of anilines is 1. The quantitative estimate of drug-likeness (QED) is 0.820. The van der Waals surface area contributed by atoms with Gasteiger partial charge >= 0.3 is 18.2 Å². The Morgan fingerprint density at radius 1 is 1.26 bits per heavy atom. The van der Waals surface area contributed by atoms with Crippen LogP contribution in [0.4, 0.5) is 28.0 Å². The van der Waals surface area contributed by atoms with Gasteiger partial charge in [-0.05, 0) is 31.0 Å². The van der Waals surface area contributed by atoms with Crippen LogP contribution in [0.25, 0.3) is 0 Å². The molecule has 0 aliphatic carbocycles. The van der Waals surface area contributed by atoms with Crippen molar-refractivity contribution in [1.29, 1.82) is 0 Å². The van der Waals surface area contributed by atoms with Crippen LogP contribution in [0.15, 0.2) is 36.7 Å². The number of rotatable bonds is 3. The largest absolute Gasteiger partial charge is 0.458 e. The first kappa shape index (κ1) is 18.9. The highest BCUT2D eigenvalue weighted by Crippen LogP contribution is 2.30. The highest BCUT2D eigenvalue weighted by molar-refractivity contribution is 5.89. The molecule has 10 heteroatoms. The molecule has 2 amide bonds. The van der Waals surface area contributed by atoms with E-state index in [1.807, 2.05) is 0 Å². The summed E-state index contributed by atoms with van der Waals surface area (Å²) in [6.45, 7) is 0.653. The molecule has 1 aliphatic heterocycles. The number of hydrogen-bond acceptors (Lipinski definition) is 4. The fourth-order valence-electron chi connectivity index (χ4n) is 2.71. The summed E-state index contributed by atoms with van der Waals surface area (Å²) in [5, 5.41) is 2.47. The molecule has 1 aliphatic rings. The van der Waals surface area contributed by atoms with Crippen molar-refractivity contribution < 1.29 is 27.1 Å². The lowest BCUT2D eigenvalue weighted by atomic mass is 10.1. The van der Waals surface area contributed by atoms with Gasteiger partial charge in [0.05, 0.1) is 24.5 Å². The predicted molar refractivity (Wildman–Crippen MR) is 87.7 cm³/mol. The Kier molecular flexibility index (Phi) is 5.43. The smallest absolute Gasteiger partial charge is 0.416 e. The Balaban J connectivity index is 1.60. The lowest BCUT2D eigenvalue weighted by Gasteiger charge is -2.32. The molecule has 0 spiro atoms. The summed E-state index contributed by atoms with van der Waals surface area (Å²) in [7, 11) is 0. The third-order valence-electron chi connectivity index (χ3n) is 3.98. The number of aromatic nitrogens is 2. The molecule has 1 fully saturated rings. The molecule has 2 aromatic rings. The minimum Gasteiger partial charge on any atom is -0.458 e. The first-order valence-corrected chi connectivity index (χ1v) is 8.18. The second-order valence-electron chi connectivity index (χ2n) is 6.02. The summed E-state index contributed by atoms with van der Waals surface area (Å²) >= 11 is 0. The molecule has 1 aromatic carbocycles. The van der Waals surface area contributed by atoms with Gasteiger partial charge in [-0.2, -0.15) is 13.2 Å². The van der Waals surface area contributed by atoms with E-state index in [9.17, 15) is 22.4 Å². The number of urea groups is 1. The van der Waals surface area contributed by atoms with Crippen molar-refractivity contribution in [3.8, 4) is 6.01 Å². The summed E-state index contributed by atoms with van der Waals surface area (Å²) in [5.74, 6) is -0.590. The van der Waals surface area contributed by atoms with E-state index in [1.165, 1.54) is 17.0 Å². The maximum Gasteiger partial charge on any atom is 0.416 e. The van der Waals surface area contributed by atoms with Crippen LogP contribution < -0.4 is 10.1 Å². The molecule has 6 nitrogen and oxygen atoms in total. The Bertz CT molecular complexity index is 798. The highest BCUT2D eigenvalue weighted by atomic mass is 19.4. The number of alkyl halides is 3. The predicted octanol–water partition coefficient (Wildman–Crippen LogP) is 3.71. The zero-order valence-corrected chi connectivity index (χ0v) is 14.0. The average Bonchev–Trinajstić information content (AvgIpc) is 2.63. The van der Waals surface area contributed by atoms with E-state index >= 15 is 0 Å². The maximum absolute atomic E-state index is 12.8. The number of amides is 2. The van der Waals surface area contributed by atoms with Crippen LogP contribution in [0.5, 0.6) is 6.01 Å². The van der Waals surface area contributed by atoms with Crippen molar-refractivity contribution in [2.75, 3.05) is 18.4 Å². The molecule has 0 radical (unpaired) electrons. The lowest BCUT2D eigenvalue weighted by Crippen LogP contribution is -2.46. The average molecular weight is 384 g/mol. The van der Waals surface area contributed by atoms with Crippen molar-refractivity contribution in [1.82, 2.24) is 14.9 Å². The van der Waals surface area contributed by atoms with E-state index in [1.54, 1.807) is 0 Å². The number of nitrogens with zero attached hydrogens (tertiary/aromatic N) is 3. The molecular formula is C17H16F4N4O2. The maximum atomic E-state index is 12.8. The fraction of sp³-hybridized carbons (Fsp3) is 0.353. The summed E-state index contributed by atoms with van der Waals surface area (Å²) in [6, 6.07) is 3.90. The topological polar surface area (TPSA) is 67.4 Å². The molecule has 1 unspecified atom stereocenters. The molecule has 1 N–H and O–H groups in total. The number of halogens is 4. The summed E-state index contributed by atoms with van der Waals surface area (Å²) in [5.41, 5.74) is -0.784. The molecule has 144 valence electrons. The first-order valence-electron chi connectivity index (χ1n) is 8.18. The van der Waals surface area contributed by atoms with Crippen LogP contribution in [-0.2, 0) is 6.18 Å². The highest BCUT2D eigenvalue weighted by Gasteiger charge is 2.31. The first-order chi connectivity index (χ1) is 12.8. The van der Waals surface area contributed by atoms with E-state index in [0.717, 1.165) is 24.5 Å². The van der Waals surface area contributed by atoms with Gasteiger partial charge in [-0.3, -0.25) is 0 Å². The van der Waals surface area contributed by atoms with Crippen LogP contribution in [0.1, 0.15) is 18.4 Å². The molecule has 2 heterocycles. The number of hydrogen-bond donors (Lipinski definition) is 1. The minimum atomic E-state index is -4.49. The molecule has 1 atom stereocenters. The zero-order chi connectivity index (χ0) is 19.4. The van der Waals surface area contributed by atoms with Crippen molar-refractivity contribution >= 4 is 11.7 Å². The Labute approximate surface area is 152 Å². The zero-order valence-electron chi connectivity index (χ0n) is 14.0. The number of benzene rings is 1. The van der Waals surface area contributed by atoms with E-state index < -0.39 is 29.7 Å². The second-order valence-corrected chi connectivity index (χ2v) is 6.02. The van der Waals surface area contributed by atoms with Gasteiger partial charge in [-0.1, -0.05) is 6.07 Å². The SMILES string of the molecule is O=C(Nc1cccc(C(F)(F)F)c1)N1CCCC(Oc2ncc(F)cn2)C1. The third-order valence-corrected chi connectivity index (χ3v) is 3.98. The van der Waals surface area contributed by atoms with Crippen LogP contribution in [0.3, 0.4) is 0 Å². The molecule has 0 bridgehead atoms. The molecule has 1 aromatic heterocycles. The standard InChI is InChI=1S/C17H16F4N4O2/c18-12-8-22-15(23-9-12)27-14-5-2-6-25(10-14)16(26)24-13-4-1-3-11(7-13)17(19,20)21/h1,3-4,7-9,14H,2,5-6,10H2,(H,24,26). The fourth-order valence-corrected chi connectivity index (χ4v) is 2.71. The van der Waals surface area contributed by atoms with Crippen molar-refractivity contribution in [2.45, 2.75) is 25.1 Å². The van der Waals surface area contributed by atoms with Crippen molar-refractivity contribution in [2.24, 2.45) is 0 Å². The van der Waals surface area contributed by atoms with Gasteiger partial charge < -0.3 is 15.0 Å². The van der Waals surface area contributed by atoms with Crippen molar-refractivity contribution in [3.63, 3.8) is 0 Å². The summed E-state index contributed by atoms with van der Waals surface area (Å²) in [4.78, 5) is 21.2. The molecule has 3 rings (SSSR count). The van der Waals surface area contributed by atoms with Crippen molar-refractivity contribution in [3.05, 3.63) is 48.0 Å². The number of piperidine rings is 1. The van der Waals surface area contributed by atoms with Gasteiger partial charge in [0.15, 0.2) is 5.82 Å². The Morgan fingerprint density at radius 3 is 2.70 bits per heavy atom.